The van der Waals surface area contributed by atoms with E-state index < -0.39 is 0 Å². The van der Waals surface area contributed by atoms with Gasteiger partial charge in [0.1, 0.15) is 5.75 Å². The monoisotopic (exact) mass is 274 g/mol. The lowest BCUT2D eigenvalue weighted by atomic mass is 9.99. The van der Waals surface area contributed by atoms with E-state index in [2.05, 4.69) is 0 Å². The summed E-state index contributed by atoms with van der Waals surface area (Å²) in [6.07, 6.45) is 15.7. The van der Waals surface area contributed by atoms with Crippen molar-refractivity contribution >= 4 is 0 Å². The fraction of sp³-hybridized carbons (Fsp3) is 0.684. The molecule has 0 aromatic heterocycles. The van der Waals surface area contributed by atoms with Crippen LogP contribution in [0.15, 0.2) is 30.3 Å². The minimum atomic E-state index is 0.867. The zero-order valence-electron chi connectivity index (χ0n) is 12.9. The number of rotatable bonds is 10. The van der Waals surface area contributed by atoms with Crippen molar-refractivity contribution in [1.82, 2.24) is 0 Å². The number of unbranched alkanes of at least 4 members (excludes halogenated alkanes) is 5. The average Bonchev–Trinajstić information content (AvgIpc) is 3.00. The van der Waals surface area contributed by atoms with Gasteiger partial charge < -0.3 is 4.74 Å². The van der Waals surface area contributed by atoms with E-state index in [1.165, 1.54) is 70.6 Å². The number of benzene rings is 1. The highest BCUT2D eigenvalue weighted by atomic mass is 16.5. The molecule has 1 aliphatic rings. The first-order chi connectivity index (χ1) is 9.95. The molecule has 2 rings (SSSR count). The van der Waals surface area contributed by atoms with E-state index in [1.807, 2.05) is 30.3 Å². The Bertz CT molecular complexity index is 327. The zero-order valence-corrected chi connectivity index (χ0v) is 12.9. The van der Waals surface area contributed by atoms with Crippen molar-refractivity contribution in [2.75, 3.05) is 6.61 Å². The predicted molar refractivity (Wildman–Crippen MR) is 86.2 cm³/mol. The van der Waals surface area contributed by atoms with Crippen molar-refractivity contribution in [1.29, 1.82) is 0 Å². The smallest absolute Gasteiger partial charge is 0.119 e. The number of hydrogen-bond donors (Lipinski definition) is 0. The molecule has 1 heteroatoms. The van der Waals surface area contributed by atoms with Crippen molar-refractivity contribution in [2.24, 2.45) is 5.92 Å². The summed E-state index contributed by atoms with van der Waals surface area (Å²) in [5.74, 6) is 2.08. The molecule has 1 saturated carbocycles. The first-order valence-corrected chi connectivity index (χ1v) is 8.63. The maximum atomic E-state index is 5.70. The zero-order chi connectivity index (χ0) is 13.9. The SMILES string of the molecule is c1ccc(OCCCCCCCCC2CCCC2)cc1. The van der Waals surface area contributed by atoms with Gasteiger partial charge >= 0.3 is 0 Å². The summed E-state index contributed by atoms with van der Waals surface area (Å²) in [5, 5.41) is 0. The van der Waals surface area contributed by atoms with Gasteiger partial charge in [-0.2, -0.15) is 0 Å². The summed E-state index contributed by atoms with van der Waals surface area (Å²) in [5.41, 5.74) is 0. The third-order valence-corrected chi connectivity index (χ3v) is 4.49. The Morgan fingerprint density at radius 1 is 0.800 bits per heavy atom. The topological polar surface area (TPSA) is 9.23 Å². The van der Waals surface area contributed by atoms with Gasteiger partial charge in [0, 0.05) is 0 Å². The summed E-state index contributed by atoms with van der Waals surface area (Å²) in [4.78, 5) is 0. The molecule has 1 aliphatic carbocycles. The molecule has 0 atom stereocenters. The molecule has 0 spiro atoms. The second-order valence-corrected chi connectivity index (χ2v) is 6.22. The van der Waals surface area contributed by atoms with Crippen LogP contribution in [-0.2, 0) is 0 Å². The van der Waals surface area contributed by atoms with E-state index in [4.69, 9.17) is 4.74 Å². The van der Waals surface area contributed by atoms with Gasteiger partial charge in [-0.15, -0.1) is 0 Å². The van der Waals surface area contributed by atoms with Crippen LogP contribution in [0, 0.1) is 5.92 Å². The van der Waals surface area contributed by atoms with Crippen molar-refractivity contribution in [3.63, 3.8) is 0 Å². The molecule has 0 aliphatic heterocycles. The minimum Gasteiger partial charge on any atom is -0.494 e. The highest BCUT2D eigenvalue weighted by Gasteiger charge is 2.13. The summed E-state index contributed by atoms with van der Waals surface area (Å²) < 4.78 is 5.70. The molecule has 0 unspecified atom stereocenters. The first kappa shape index (κ1) is 15.4. The Morgan fingerprint density at radius 2 is 1.45 bits per heavy atom. The van der Waals surface area contributed by atoms with Gasteiger partial charge in [0.2, 0.25) is 0 Å². The Labute approximate surface area is 124 Å². The second kappa shape index (κ2) is 9.85. The molecule has 0 bridgehead atoms. The van der Waals surface area contributed by atoms with Gasteiger partial charge in [-0.3, -0.25) is 0 Å². The van der Waals surface area contributed by atoms with Crippen LogP contribution in [0.1, 0.15) is 70.6 Å². The van der Waals surface area contributed by atoms with Crippen LogP contribution in [0.2, 0.25) is 0 Å². The maximum Gasteiger partial charge on any atom is 0.119 e. The normalized spacial score (nSPS) is 15.6. The van der Waals surface area contributed by atoms with Crippen LogP contribution < -0.4 is 4.74 Å². The fourth-order valence-corrected chi connectivity index (χ4v) is 3.25. The van der Waals surface area contributed by atoms with E-state index in [0.717, 1.165) is 18.3 Å². The van der Waals surface area contributed by atoms with Crippen LogP contribution in [0.5, 0.6) is 5.75 Å². The first-order valence-electron chi connectivity index (χ1n) is 8.63. The lowest BCUT2D eigenvalue weighted by molar-refractivity contribution is 0.304. The van der Waals surface area contributed by atoms with Crippen molar-refractivity contribution in [3.05, 3.63) is 30.3 Å². The molecule has 1 nitrogen and oxygen atoms in total. The molecule has 0 radical (unpaired) electrons. The highest BCUT2D eigenvalue weighted by molar-refractivity contribution is 5.20. The van der Waals surface area contributed by atoms with E-state index >= 15 is 0 Å². The minimum absolute atomic E-state index is 0.867. The van der Waals surface area contributed by atoms with Gasteiger partial charge in [0.25, 0.3) is 0 Å². The van der Waals surface area contributed by atoms with Crippen molar-refractivity contribution < 1.29 is 4.74 Å². The third-order valence-electron chi connectivity index (χ3n) is 4.49. The van der Waals surface area contributed by atoms with Crippen LogP contribution in [0.4, 0.5) is 0 Å². The fourth-order valence-electron chi connectivity index (χ4n) is 3.25. The molecule has 0 heterocycles. The molecule has 1 aromatic carbocycles. The second-order valence-electron chi connectivity index (χ2n) is 6.22. The number of para-hydroxylation sites is 1. The Balaban J connectivity index is 1.35. The molecule has 112 valence electrons. The van der Waals surface area contributed by atoms with E-state index in [-0.39, 0.29) is 0 Å². The van der Waals surface area contributed by atoms with E-state index in [0.29, 0.717) is 0 Å². The third kappa shape index (κ3) is 6.45. The van der Waals surface area contributed by atoms with Gasteiger partial charge in [-0.05, 0) is 24.5 Å². The van der Waals surface area contributed by atoms with Crippen LogP contribution >= 0.6 is 0 Å². The lowest BCUT2D eigenvalue weighted by Gasteiger charge is -2.08. The largest absolute Gasteiger partial charge is 0.494 e. The van der Waals surface area contributed by atoms with E-state index in [1.54, 1.807) is 0 Å². The van der Waals surface area contributed by atoms with Gasteiger partial charge in [0.05, 0.1) is 6.61 Å². The Kier molecular flexibility index (Phi) is 7.59. The van der Waals surface area contributed by atoms with Crippen LogP contribution in [0.3, 0.4) is 0 Å². The van der Waals surface area contributed by atoms with E-state index in [9.17, 15) is 0 Å². The molecule has 0 amide bonds. The summed E-state index contributed by atoms with van der Waals surface area (Å²) in [7, 11) is 0. The van der Waals surface area contributed by atoms with Crippen molar-refractivity contribution in [2.45, 2.75) is 70.6 Å². The molecule has 0 N–H and O–H groups in total. The Morgan fingerprint density at radius 3 is 2.20 bits per heavy atom. The molecular weight excluding hydrogens is 244 g/mol. The predicted octanol–water partition coefficient (Wildman–Crippen LogP) is 5.99. The Hall–Kier alpha value is -0.980. The molecule has 20 heavy (non-hydrogen) atoms. The highest BCUT2D eigenvalue weighted by Crippen LogP contribution is 2.29. The van der Waals surface area contributed by atoms with Crippen LogP contribution in [0.25, 0.3) is 0 Å². The lowest BCUT2D eigenvalue weighted by Crippen LogP contribution is -1.97. The summed E-state index contributed by atoms with van der Waals surface area (Å²) in [6.45, 7) is 0.867. The standard InChI is InChI=1S/C19H30O/c1(3-6-12-18-13-9-10-14-18)2-4-11-17-20-19-15-7-5-8-16-19/h5,7-8,15-16,18H,1-4,6,9-14,17H2. The summed E-state index contributed by atoms with van der Waals surface area (Å²) in [6, 6.07) is 10.1. The maximum absolute atomic E-state index is 5.70. The van der Waals surface area contributed by atoms with Crippen molar-refractivity contribution in [3.8, 4) is 5.75 Å². The van der Waals surface area contributed by atoms with Gasteiger partial charge in [-0.1, -0.05) is 82.4 Å². The molecule has 1 fully saturated rings. The molecule has 1 aromatic rings. The molecular formula is C19H30O. The molecule has 0 saturated heterocycles. The van der Waals surface area contributed by atoms with Gasteiger partial charge in [-0.25, -0.2) is 0 Å². The van der Waals surface area contributed by atoms with Gasteiger partial charge in [0.15, 0.2) is 0 Å². The number of hydrogen-bond acceptors (Lipinski definition) is 1. The van der Waals surface area contributed by atoms with Crippen LogP contribution in [-0.4, -0.2) is 6.61 Å². The number of ether oxygens (including phenoxy) is 1. The quantitative estimate of drug-likeness (QED) is 0.476. The summed E-state index contributed by atoms with van der Waals surface area (Å²) >= 11 is 0. The average molecular weight is 274 g/mol.